The first-order chi connectivity index (χ1) is 11.7. The number of hydrogen-bond donors (Lipinski definition) is 0. The highest BCUT2D eigenvalue weighted by molar-refractivity contribution is 5.95. The molecule has 1 aromatic carbocycles. The number of carbonyl (C=O) groups is 1. The predicted molar refractivity (Wildman–Crippen MR) is 90.0 cm³/mol. The van der Waals surface area contributed by atoms with Crippen molar-refractivity contribution in [2.45, 2.75) is 18.9 Å². The third-order valence-corrected chi connectivity index (χ3v) is 4.27. The summed E-state index contributed by atoms with van der Waals surface area (Å²) in [5.74, 6) is 0.533. The van der Waals surface area contributed by atoms with Crippen molar-refractivity contribution in [3.63, 3.8) is 0 Å². The van der Waals surface area contributed by atoms with E-state index >= 15 is 0 Å². The molecule has 126 valence electrons. The molecule has 0 radical (unpaired) electrons. The van der Waals surface area contributed by atoms with E-state index < -0.39 is 0 Å². The Kier molecular flexibility index (Phi) is 5.05. The second-order valence-corrected chi connectivity index (χ2v) is 5.79. The summed E-state index contributed by atoms with van der Waals surface area (Å²) in [6.45, 7) is 1.38. The van der Waals surface area contributed by atoms with E-state index in [0.717, 1.165) is 30.6 Å². The van der Waals surface area contributed by atoms with Crippen LogP contribution in [0.5, 0.6) is 5.88 Å². The second kappa shape index (κ2) is 7.40. The minimum Gasteiger partial charge on any atom is -0.480 e. The molecule has 3 rings (SSSR count). The maximum atomic E-state index is 12.7. The van der Waals surface area contributed by atoms with Gasteiger partial charge in [-0.1, -0.05) is 12.1 Å². The third-order valence-electron chi connectivity index (χ3n) is 4.27. The van der Waals surface area contributed by atoms with E-state index in [9.17, 15) is 4.79 Å². The molecule has 6 nitrogen and oxygen atoms in total. The summed E-state index contributed by atoms with van der Waals surface area (Å²) in [7, 11) is 3.23. The molecule has 0 N–H and O–H groups in total. The van der Waals surface area contributed by atoms with Gasteiger partial charge in [0.25, 0.3) is 5.91 Å². The molecule has 0 spiro atoms. The number of amides is 1. The minimum absolute atomic E-state index is 0.0573. The van der Waals surface area contributed by atoms with Crippen LogP contribution >= 0.6 is 0 Å². The molecule has 0 bridgehead atoms. The lowest BCUT2D eigenvalue weighted by molar-refractivity contribution is 0.0630. The van der Waals surface area contributed by atoms with E-state index in [1.807, 2.05) is 35.2 Å². The quantitative estimate of drug-likeness (QED) is 0.844. The first-order valence-electron chi connectivity index (χ1n) is 8.01. The number of methoxy groups -OCH3 is 2. The van der Waals surface area contributed by atoms with Crippen LogP contribution in [-0.2, 0) is 4.74 Å². The summed E-state index contributed by atoms with van der Waals surface area (Å²) >= 11 is 0. The van der Waals surface area contributed by atoms with Crippen molar-refractivity contribution in [1.82, 2.24) is 15.1 Å². The number of carbonyl (C=O) groups excluding carboxylic acids is 1. The third kappa shape index (κ3) is 3.38. The van der Waals surface area contributed by atoms with Gasteiger partial charge in [-0.3, -0.25) is 4.79 Å². The van der Waals surface area contributed by atoms with Gasteiger partial charge >= 0.3 is 0 Å². The molecule has 2 heterocycles. The Morgan fingerprint density at radius 3 is 2.58 bits per heavy atom. The van der Waals surface area contributed by atoms with Gasteiger partial charge in [0.05, 0.1) is 25.5 Å². The van der Waals surface area contributed by atoms with Gasteiger partial charge < -0.3 is 14.4 Å². The largest absolute Gasteiger partial charge is 0.480 e. The summed E-state index contributed by atoms with van der Waals surface area (Å²) in [6.07, 6.45) is 2.03. The van der Waals surface area contributed by atoms with Crippen LogP contribution in [-0.4, -0.2) is 54.4 Å². The standard InChI is InChI=1S/C18H21N3O3/c1-23-12-15-4-3-11-21(15)18(22)14-7-5-13(6-8-14)16-9-10-17(24-2)20-19-16/h5-10,15H,3-4,11-12H2,1-2H3/t15-/m0/s1. The number of rotatable bonds is 5. The average molecular weight is 327 g/mol. The molecule has 0 unspecified atom stereocenters. The SMILES string of the molecule is COC[C@@H]1CCCN1C(=O)c1ccc(-c2ccc(OC)nn2)cc1. The fourth-order valence-corrected chi connectivity index (χ4v) is 3.00. The summed E-state index contributed by atoms with van der Waals surface area (Å²) in [4.78, 5) is 14.6. The van der Waals surface area contributed by atoms with E-state index in [0.29, 0.717) is 18.1 Å². The van der Waals surface area contributed by atoms with Crippen molar-refractivity contribution < 1.29 is 14.3 Å². The van der Waals surface area contributed by atoms with Gasteiger partial charge in [-0.05, 0) is 31.0 Å². The summed E-state index contributed by atoms with van der Waals surface area (Å²) < 4.78 is 10.2. The van der Waals surface area contributed by atoms with Gasteiger partial charge in [-0.15, -0.1) is 10.2 Å². The number of nitrogens with zero attached hydrogens (tertiary/aromatic N) is 3. The Hall–Kier alpha value is -2.47. The van der Waals surface area contributed by atoms with Crippen molar-refractivity contribution >= 4 is 5.91 Å². The summed E-state index contributed by atoms with van der Waals surface area (Å²) in [5, 5.41) is 8.08. The first kappa shape index (κ1) is 16.4. The zero-order valence-electron chi connectivity index (χ0n) is 13.9. The minimum atomic E-state index is 0.0573. The first-order valence-corrected chi connectivity index (χ1v) is 8.01. The van der Waals surface area contributed by atoms with Crippen LogP contribution in [0.1, 0.15) is 23.2 Å². The number of benzene rings is 1. The van der Waals surface area contributed by atoms with Gasteiger partial charge in [-0.25, -0.2) is 0 Å². The lowest BCUT2D eigenvalue weighted by Gasteiger charge is -2.24. The molecule has 6 heteroatoms. The molecule has 1 aliphatic heterocycles. The van der Waals surface area contributed by atoms with Crippen LogP contribution < -0.4 is 4.74 Å². The molecule has 1 aliphatic rings. The number of ether oxygens (including phenoxy) is 2. The highest BCUT2D eigenvalue weighted by atomic mass is 16.5. The van der Waals surface area contributed by atoms with Gasteiger partial charge in [0.1, 0.15) is 0 Å². The maximum Gasteiger partial charge on any atom is 0.254 e. The van der Waals surface area contributed by atoms with Crippen LogP contribution in [0.2, 0.25) is 0 Å². The molecule has 0 saturated carbocycles. The molecule has 1 fully saturated rings. The predicted octanol–water partition coefficient (Wildman–Crippen LogP) is 2.40. The van der Waals surface area contributed by atoms with Crippen LogP contribution in [0.15, 0.2) is 36.4 Å². The van der Waals surface area contributed by atoms with Crippen LogP contribution in [0.25, 0.3) is 11.3 Å². The van der Waals surface area contributed by atoms with Crippen molar-refractivity contribution in [3.05, 3.63) is 42.0 Å². The van der Waals surface area contributed by atoms with E-state index in [-0.39, 0.29) is 11.9 Å². The number of hydrogen-bond acceptors (Lipinski definition) is 5. The van der Waals surface area contributed by atoms with Crippen LogP contribution in [0.4, 0.5) is 0 Å². The van der Waals surface area contributed by atoms with Gasteiger partial charge in [0, 0.05) is 30.8 Å². The van der Waals surface area contributed by atoms with Crippen molar-refractivity contribution in [3.8, 4) is 17.1 Å². The zero-order valence-corrected chi connectivity index (χ0v) is 13.9. The maximum absolute atomic E-state index is 12.7. The van der Waals surface area contributed by atoms with Crippen LogP contribution in [0.3, 0.4) is 0 Å². The molecule has 2 aromatic rings. The van der Waals surface area contributed by atoms with E-state index in [2.05, 4.69) is 10.2 Å². The summed E-state index contributed by atoms with van der Waals surface area (Å²) in [5.41, 5.74) is 2.34. The highest BCUT2D eigenvalue weighted by Crippen LogP contribution is 2.23. The van der Waals surface area contributed by atoms with Gasteiger partial charge in [0.2, 0.25) is 5.88 Å². The van der Waals surface area contributed by atoms with Crippen molar-refractivity contribution in [2.24, 2.45) is 0 Å². The lowest BCUT2D eigenvalue weighted by atomic mass is 10.1. The topological polar surface area (TPSA) is 64.5 Å². The molecule has 1 saturated heterocycles. The van der Waals surface area contributed by atoms with Crippen molar-refractivity contribution in [2.75, 3.05) is 27.4 Å². The van der Waals surface area contributed by atoms with Crippen LogP contribution in [0, 0.1) is 0 Å². The number of likely N-dealkylation sites (tertiary alicyclic amines) is 1. The molecule has 1 atom stereocenters. The second-order valence-electron chi connectivity index (χ2n) is 5.79. The van der Waals surface area contributed by atoms with Crippen molar-refractivity contribution in [1.29, 1.82) is 0 Å². The lowest BCUT2D eigenvalue weighted by Crippen LogP contribution is -2.38. The molecule has 1 amide bonds. The molecule has 0 aliphatic carbocycles. The molecule has 1 aromatic heterocycles. The fourth-order valence-electron chi connectivity index (χ4n) is 3.00. The number of aromatic nitrogens is 2. The Bertz CT molecular complexity index is 686. The Balaban J connectivity index is 1.74. The summed E-state index contributed by atoms with van der Waals surface area (Å²) in [6, 6.07) is 11.3. The van der Waals surface area contributed by atoms with E-state index in [1.54, 1.807) is 20.3 Å². The van der Waals surface area contributed by atoms with Gasteiger partial charge in [-0.2, -0.15) is 0 Å². The highest BCUT2D eigenvalue weighted by Gasteiger charge is 2.29. The zero-order chi connectivity index (χ0) is 16.9. The fraction of sp³-hybridized carbons (Fsp3) is 0.389. The normalized spacial score (nSPS) is 17.1. The van der Waals surface area contributed by atoms with Gasteiger partial charge in [0.15, 0.2) is 0 Å². The Labute approximate surface area is 141 Å². The molecule has 24 heavy (non-hydrogen) atoms. The monoisotopic (exact) mass is 327 g/mol. The van der Waals surface area contributed by atoms with E-state index in [4.69, 9.17) is 9.47 Å². The average Bonchev–Trinajstić information content (AvgIpc) is 3.10. The van der Waals surface area contributed by atoms with E-state index in [1.165, 1.54) is 0 Å². The molecular formula is C18H21N3O3. The Morgan fingerprint density at radius 1 is 1.17 bits per heavy atom. The smallest absolute Gasteiger partial charge is 0.254 e. The molecular weight excluding hydrogens is 306 g/mol. The Morgan fingerprint density at radius 2 is 1.96 bits per heavy atom.